The average molecular weight is 690 g/mol. The first-order valence-corrected chi connectivity index (χ1v) is 18.2. The summed E-state index contributed by atoms with van der Waals surface area (Å²) in [7, 11) is 0. The van der Waals surface area contributed by atoms with Gasteiger partial charge in [-0.1, -0.05) is 146 Å². The van der Waals surface area contributed by atoms with Gasteiger partial charge in [-0.2, -0.15) is 9.97 Å². The molecular formula is C49H31N5. The van der Waals surface area contributed by atoms with E-state index in [-0.39, 0.29) is 0 Å². The van der Waals surface area contributed by atoms with Crippen LogP contribution in [0, 0.1) is 0 Å². The second-order valence-electron chi connectivity index (χ2n) is 13.7. The second-order valence-corrected chi connectivity index (χ2v) is 13.7. The van der Waals surface area contributed by atoms with Gasteiger partial charge in [0.05, 0.1) is 27.8 Å². The molecule has 3 aromatic heterocycles. The molecule has 5 heteroatoms. The highest BCUT2D eigenvalue weighted by atomic mass is 15.2. The summed E-state index contributed by atoms with van der Waals surface area (Å²) >= 11 is 0. The van der Waals surface area contributed by atoms with Crippen LogP contribution in [0.5, 0.6) is 0 Å². The van der Waals surface area contributed by atoms with E-state index < -0.39 is 0 Å². The molecule has 0 aliphatic carbocycles. The normalized spacial score (nSPS) is 11.7. The number of para-hydroxylation sites is 2. The molecule has 0 bridgehead atoms. The number of hydrogen-bond acceptors (Lipinski definition) is 3. The molecule has 5 nitrogen and oxygen atoms in total. The quantitative estimate of drug-likeness (QED) is 0.181. The minimum absolute atomic E-state index is 0.587. The molecule has 0 saturated heterocycles. The first kappa shape index (κ1) is 30.3. The maximum Gasteiger partial charge on any atom is 0.238 e. The third-order valence-corrected chi connectivity index (χ3v) is 10.6. The molecule has 0 atom stereocenters. The summed E-state index contributed by atoms with van der Waals surface area (Å²) in [6.45, 7) is 0. The molecule has 0 radical (unpaired) electrons. The van der Waals surface area contributed by atoms with Gasteiger partial charge in [-0.25, -0.2) is 4.98 Å². The van der Waals surface area contributed by atoms with E-state index in [0.717, 1.165) is 38.5 Å². The van der Waals surface area contributed by atoms with Gasteiger partial charge in [0.1, 0.15) is 0 Å². The standard InChI is InChI=1S/C49H31N5/c1-3-15-33(16-4-1)47-50-48(34-17-5-2-6-18-34)52-49(51-47)54-44-24-12-10-22-39(44)41-31-36(27-29-46(41)54)35-26-28-45-40(30-35)38-21-9-11-23-43(38)53(45)42-25-13-19-32-14-7-8-20-37(32)42/h1-31H. The van der Waals surface area contributed by atoms with Gasteiger partial charge in [0.25, 0.3) is 0 Å². The third kappa shape index (κ3) is 4.76. The van der Waals surface area contributed by atoms with Crippen LogP contribution in [0.1, 0.15) is 0 Å². The molecule has 0 spiro atoms. The Bertz CT molecular complexity index is 3150. The fourth-order valence-electron chi connectivity index (χ4n) is 8.08. The molecule has 0 amide bonds. The molecule has 0 aliphatic heterocycles. The van der Waals surface area contributed by atoms with E-state index in [9.17, 15) is 0 Å². The lowest BCUT2D eigenvalue weighted by atomic mass is 10.0. The summed E-state index contributed by atoms with van der Waals surface area (Å²) in [5, 5.41) is 7.22. The summed E-state index contributed by atoms with van der Waals surface area (Å²) in [6.07, 6.45) is 0. The summed E-state index contributed by atoms with van der Waals surface area (Å²) < 4.78 is 4.59. The van der Waals surface area contributed by atoms with Gasteiger partial charge in [0, 0.05) is 38.1 Å². The first-order chi connectivity index (χ1) is 26.8. The Morgan fingerprint density at radius 1 is 0.296 bits per heavy atom. The van der Waals surface area contributed by atoms with Crippen molar-refractivity contribution in [2.45, 2.75) is 0 Å². The van der Waals surface area contributed by atoms with Gasteiger partial charge in [-0.3, -0.25) is 4.57 Å². The molecule has 0 aliphatic rings. The Hall–Kier alpha value is -7.37. The van der Waals surface area contributed by atoms with Gasteiger partial charge < -0.3 is 4.57 Å². The van der Waals surface area contributed by atoms with Crippen molar-refractivity contribution in [3.63, 3.8) is 0 Å². The van der Waals surface area contributed by atoms with E-state index in [1.165, 1.54) is 43.8 Å². The smallest absolute Gasteiger partial charge is 0.238 e. The van der Waals surface area contributed by atoms with Crippen LogP contribution in [0.15, 0.2) is 188 Å². The molecule has 252 valence electrons. The highest BCUT2D eigenvalue weighted by Crippen LogP contribution is 2.39. The van der Waals surface area contributed by atoms with Crippen molar-refractivity contribution in [3.05, 3.63) is 188 Å². The topological polar surface area (TPSA) is 48.5 Å². The molecule has 3 heterocycles. The lowest BCUT2D eigenvalue weighted by Gasteiger charge is -2.12. The number of rotatable bonds is 5. The van der Waals surface area contributed by atoms with Crippen LogP contribution in [-0.2, 0) is 0 Å². The Balaban J connectivity index is 1.10. The maximum atomic E-state index is 5.10. The molecule has 0 fully saturated rings. The summed E-state index contributed by atoms with van der Waals surface area (Å²) in [5.74, 6) is 1.86. The number of nitrogens with zero attached hydrogens (tertiary/aromatic N) is 5. The zero-order chi connectivity index (χ0) is 35.6. The minimum Gasteiger partial charge on any atom is -0.309 e. The molecule has 11 rings (SSSR count). The van der Waals surface area contributed by atoms with Crippen molar-refractivity contribution in [2.75, 3.05) is 0 Å². The minimum atomic E-state index is 0.587. The highest BCUT2D eigenvalue weighted by molar-refractivity contribution is 6.13. The predicted octanol–water partition coefficient (Wildman–Crippen LogP) is 12.2. The number of benzene rings is 8. The molecule has 0 N–H and O–H groups in total. The van der Waals surface area contributed by atoms with Crippen LogP contribution in [0.4, 0.5) is 0 Å². The van der Waals surface area contributed by atoms with Crippen LogP contribution < -0.4 is 0 Å². The summed E-state index contributed by atoms with van der Waals surface area (Å²) in [5.41, 5.74) is 9.86. The monoisotopic (exact) mass is 689 g/mol. The molecule has 0 saturated carbocycles. The van der Waals surface area contributed by atoms with Crippen LogP contribution in [0.2, 0.25) is 0 Å². The van der Waals surface area contributed by atoms with Crippen LogP contribution >= 0.6 is 0 Å². The second kappa shape index (κ2) is 12.1. The molecule has 54 heavy (non-hydrogen) atoms. The Kier molecular flexibility index (Phi) is 6.79. The number of fused-ring (bicyclic) bond motifs is 7. The van der Waals surface area contributed by atoms with Crippen LogP contribution in [0.3, 0.4) is 0 Å². The van der Waals surface area contributed by atoms with Gasteiger partial charge in [-0.15, -0.1) is 0 Å². The van der Waals surface area contributed by atoms with Gasteiger partial charge in [0.15, 0.2) is 11.6 Å². The largest absolute Gasteiger partial charge is 0.309 e. The van der Waals surface area contributed by atoms with E-state index in [1.807, 2.05) is 60.7 Å². The summed E-state index contributed by atoms with van der Waals surface area (Å²) in [4.78, 5) is 15.1. The number of aromatic nitrogens is 5. The molecular weight excluding hydrogens is 659 g/mol. The van der Waals surface area contributed by atoms with Crippen LogP contribution in [0.25, 0.3) is 99.9 Å². The van der Waals surface area contributed by atoms with Crippen LogP contribution in [-0.4, -0.2) is 24.1 Å². The highest BCUT2D eigenvalue weighted by Gasteiger charge is 2.19. The SMILES string of the molecule is c1ccc(-c2nc(-c3ccccc3)nc(-n3c4ccccc4c4cc(-c5ccc6c(c5)c5ccccc5n6-c5cccc6ccccc56)ccc43)n2)cc1. The molecule has 11 aromatic rings. The fourth-order valence-corrected chi connectivity index (χ4v) is 8.08. The zero-order valence-electron chi connectivity index (χ0n) is 29.1. The zero-order valence-corrected chi connectivity index (χ0v) is 29.1. The van der Waals surface area contributed by atoms with E-state index in [2.05, 4.69) is 137 Å². The fraction of sp³-hybridized carbons (Fsp3) is 0. The third-order valence-electron chi connectivity index (χ3n) is 10.6. The predicted molar refractivity (Wildman–Crippen MR) is 222 cm³/mol. The average Bonchev–Trinajstić information content (AvgIpc) is 3.76. The Morgan fingerprint density at radius 3 is 1.37 bits per heavy atom. The van der Waals surface area contributed by atoms with E-state index in [0.29, 0.717) is 17.6 Å². The lowest BCUT2D eigenvalue weighted by Crippen LogP contribution is -2.06. The van der Waals surface area contributed by atoms with Gasteiger partial charge in [-0.05, 0) is 59.0 Å². The maximum absolute atomic E-state index is 5.10. The van der Waals surface area contributed by atoms with Crippen molar-refractivity contribution in [2.24, 2.45) is 0 Å². The first-order valence-electron chi connectivity index (χ1n) is 18.2. The van der Waals surface area contributed by atoms with E-state index in [4.69, 9.17) is 15.0 Å². The van der Waals surface area contributed by atoms with Gasteiger partial charge in [0.2, 0.25) is 5.95 Å². The van der Waals surface area contributed by atoms with Crippen molar-refractivity contribution in [1.29, 1.82) is 0 Å². The molecule has 0 unspecified atom stereocenters. The number of hydrogen-bond donors (Lipinski definition) is 0. The van der Waals surface area contributed by atoms with Crippen molar-refractivity contribution < 1.29 is 0 Å². The van der Waals surface area contributed by atoms with Crippen molar-refractivity contribution in [3.8, 4) is 45.5 Å². The Morgan fingerprint density at radius 2 is 0.759 bits per heavy atom. The Labute approximate surface area is 311 Å². The van der Waals surface area contributed by atoms with E-state index in [1.54, 1.807) is 0 Å². The summed E-state index contributed by atoms with van der Waals surface area (Å²) in [6, 6.07) is 66.3. The van der Waals surface area contributed by atoms with Crippen molar-refractivity contribution >= 4 is 54.4 Å². The lowest BCUT2D eigenvalue weighted by molar-refractivity contribution is 0.953. The van der Waals surface area contributed by atoms with Gasteiger partial charge >= 0.3 is 0 Å². The van der Waals surface area contributed by atoms with E-state index >= 15 is 0 Å². The van der Waals surface area contributed by atoms with Crippen molar-refractivity contribution in [1.82, 2.24) is 24.1 Å². The molecule has 8 aromatic carbocycles.